The number of nitrogens with zero attached hydrogens (tertiary/aromatic N) is 2. The Morgan fingerprint density at radius 2 is 2.38 bits per heavy atom. The third-order valence-corrected chi connectivity index (χ3v) is 4.50. The molecule has 1 aliphatic heterocycles. The smallest absolute Gasteiger partial charge is 0.267 e. The van der Waals surface area contributed by atoms with Crippen molar-refractivity contribution in [3.63, 3.8) is 0 Å². The predicted octanol–water partition coefficient (Wildman–Crippen LogP) is 1.90. The lowest BCUT2D eigenvalue weighted by molar-refractivity contribution is 0.0781. The van der Waals surface area contributed by atoms with E-state index < -0.39 is 0 Å². The molecule has 1 aromatic heterocycles. The highest BCUT2D eigenvalue weighted by Gasteiger charge is 2.29. The van der Waals surface area contributed by atoms with Gasteiger partial charge in [-0.2, -0.15) is 0 Å². The molecule has 1 saturated heterocycles. The van der Waals surface area contributed by atoms with Gasteiger partial charge in [-0.25, -0.2) is 4.98 Å². The Kier molecular flexibility index (Phi) is 5.41. The fraction of sp³-hybridized carbons (Fsp3) is 0.714. The zero-order valence-electron chi connectivity index (χ0n) is 12.9. The van der Waals surface area contributed by atoms with E-state index in [4.69, 9.17) is 10.5 Å². The number of nitrogen functional groups attached to an aromatic ring is 1. The molecule has 1 aliphatic rings. The third-order valence-electron chi connectivity index (χ3n) is 3.48. The number of hydrogen-bond acceptors (Lipinski definition) is 6. The number of ether oxygens (including phenoxy) is 1. The Morgan fingerprint density at radius 1 is 1.62 bits per heavy atom. The summed E-state index contributed by atoms with van der Waals surface area (Å²) >= 11 is 1.34. The number of rotatable bonds is 6. The average Bonchev–Trinajstić information content (AvgIpc) is 3.03. The molecule has 1 aromatic rings. The summed E-state index contributed by atoms with van der Waals surface area (Å²) in [5, 5.41) is 3.94. The van der Waals surface area contributed by atoms with Gasteiger partial charge in [0.15, 0.2) is 5.13 Å². The van der Waals surface area contributed by atoms with E-state index in [1.54, 1.807) is 7.11 Å². The zero-order valence-corrected chi connectivity index (χ0v) is 13.7. The van der Waals surface area contributed by atoms with Crippen LogP contribution in [0.15, 0.2) is 0 Å². The van der Waals surface area contributed by atoms with Crippen LogP contribution >= 0.6 is 11.3 Å². The third kappa shape index (κ3) is 4.07. The van der Waals surface area contributed by atoms with Gasteiger partial charge in [0, 0.05) is 32.7 Å². The molecule has 1 unspecified atom stereocenters. The van der Waals surface area contributed by atoms with Crippen LogP contribution in [0.4, 0.5) is 10.9 Å². The molecule has 0 spiro atoms. The maximum atomic E-state index is 12.5. The van der Waals surface area contributed by atoms with Crippen LogP contribution in [-0.2, 0) is 4.74 Å². The van der Waals surface area contributed by atoms with Crippen LogP contribution in [0.5, 0.6) is 0 Å². The summed E-state index contributed by atoms with van der Waals surface area (Å²) in [6.45, 7) is 7.26. The number of amides is 1. The number of carbonyl (C=O) groups excluding carboxylic acids is 1. The quantitative estimate of drug-likeness (QED) is 0.838. The molecule has 3 N–H and O–H groups in total. The van der Waals surface area contributed by atoms with Gasteiger partial charge in [-0.1, -0.05) is 25.2 Å². The molecule has 2 heterocycles. The maximum absolute atomic E-state index is 12.5. The van der Waals surface area contributed by atoms with Crippen molar-refractivity contribution in [2.75, 3.05) is 44.4 Å². The Bertz CT molecular complexity index is 489. The Hall–Kier alpha value is -1.34. The molecular formula is C14H24N4O2S. The lowest BCUT2D eigenvalue weighted by Gasteiger charge is -2.15. The molecule has 2 rings (SSSR count). The van der Waals surface area contributed by atoms with Gasteiger partial charge in [-0.15, -0.1) is 0 Å². The maximum Gasteiger partial charge on any atom is 0.267 e. The Balaban J connectivity index is 1.99. The van der Waals surface area contributed by atoms with Crippen molar-refractivity contribution < 1.29 is 9.53 Å². The van der Waals surface area contributed by atoms with Gasteiger partial charge in [0.2, 0.25) is 0 Å². The van der Waals surface area contributed by atoms with Crippen LogP contribution in [0.2, 0.25) is 0 Å². The van der Waals surface area contributed by atoms with Crippen molar-refractivity contribution >= 4 is 28.2 Å². The second-order valence-electron chi connectivity index (χ2n) is 5.87. The van der Waals surface area contributed by atoms with Crippen molar-refractivity contribution in [3.8, 4) is 0 Å². The number of carbonyl (C=O) groups is 1. The van der Waals surface area contributed by atoms with E-state index in [1.165, 1.54) is 11.3 Å². The summed E-state index contributed by atoms with van der Waals surface area (Å²) in [5.41, 5.74) is 5.90. The number of thiazole rings is 1. The van der Waals surface area contributed by atoms with Crippen LogP contribution in [0.1, 0.15) is 29.9 Å². The number of methoxy groups -OCH3 is 1. The van der Waals surface area contributed by atoms with E-state index >= 15 is 0 Å². The summed E-state index contributed by atoms with van der Waals surface area (Å²) in [4.78, 5) is 19.1. The first-order valence-electron chi connectivity index (χ1n) is 7.29. The number of hydrogen-bond donors (Lipinski definition) is 2. The molecule has 0 aromatic carbocycles. The van der Waals surface area contributed by atoms with Crippen molar-refractivity contribution in [3.05, 3.63) is 4.88 Å². The zero-order chi connectivity index (χ0) is 15.4. The number of aromatic nitrogens is 1. The lowest BCUT2D eigenvalue weighted by Crippen LogP contribution is -2.29. The SMILES string of the molecule is COCC1CCN(C(=O)c2sc(NCC(C)C)nc2N)C1. The van der Waals surface area contributed by atoms with Crippen molar-refractivity contribution in [2.24, 2.45) is 11.8 Å². The van der Waals surface area contributed by atoms with Gasteiger partial charge >= 0.3 is 0 Å². The molecular weight excluding hydrogens is 288 g/mol. The fourth-order valence-corrected chi connectivity index (χ4v) is 3.24. The molecule has 1 amide bonds. The minimum atomic E-state index is -0.0128. The van der Waals surface area contributed by atoms with Crippen molar-refractivity contribution in [2.45, 2.75) is 20.3 Å². The van der Waals surface area contributed by atoms with E-state index in [0.29, 0.717) is 29.1 Å². The van der Waals surface area contributed by atoms with Crippen LogP contribution in [0.3, 0.4) is 0 Å². The summed E-state index contributed by atoms with van der Waals surface area (Å²) in [5.74, 6) is 1.25. The summed E-state index contributed by atoms with van der Waals surface area (Å²) < 4.78 is 5.16. The predicted molar refractivity (Wildman–Crippen MR) is 85.7 cm³/mol. The number of anilines is 2. The Labute approximate surface area is 129 Å². The van der Waals surface area contributed by atoms with Gasteiger partial charge in [0.05, 0.1) is 6.61 Å². The van der Waals surface area contributed by atoms with Crippen LogP contribution in [0, 0.1) is 11.8 Å². The number of nitrogens with two attached hydrogens (primary N) is 1. The van der Waals surface area contributed by atoms with Gasteiger partial charge in [0.25, 0.3) is 5.91 Å². The van der Waals surface area contributed by atoms with Gasteiger partial charge in [-0.3, -0.25) is 4.79 Å². The average molecular weight is 312 g/mol. The van der Waals surface area contributed by atoms with Crippen LogP contribution in [-0.4, -0.2) is 49.1 Å². The highest BCUT2D eigenvalue weighted by molar-refractivity contribution is 7.18. The second-order valence-corrected chi connectivity index (χ2v) is 6.87. The Morgan fingerprint density at radius 3 is 3.05 bits per heavy atom. The molecule has 1 atom stereocenters. The van der Waals surface area contributed by atoms with Crippen LogP contribution in [0.25, 0.3) is 0 Å². The number of likely N-dealkylation sites (tertiary alicyclic amines) is 1. The molecule has 0 radical (unpaired) electrons. The second kappa shape index (κ2) is 7.09. The first-order chi connectivity index (χ1) is 10.0. The van der Waals surface area contributed by atoms with E-state index in [0.717, 1.165) is 31.2 Å². The standard InChI is InChI=1S/C14H24N4O2S/c1-9(2)6-16-14-17-12(15)11(21-14)13(19)18-5-4-10(7-18)8-20-3/h9-10H,4-8,15H2,1-3H3,(H,16,17). The number of nitrogens with one attached hydrogen (secondary N) is 1. The minimum absolute atomic E-state index is 0.0128. The lowest BCUT2D eigenvalue weighted by atomic mass is 10.1. The van der Waals surface area contributed by atoms with Crippen molar-refractivity contribution in [1.82, 2.24) is 9.88 Å². The summed E-state index contributed by atoms with van der Waals surface area (Å²) in [7, 11) is 1.69. The first kappa shape index (κ1) is 16.0. The summed E-state index contributed by atoms with van der Waals surface area (Å²) in [6, 6.07) is 0. The van der Waals surface area contributed by atoms with E-state index in [1.807, 2.05) is 4.90 Å². The molecule has 7 heteroatoms. The fourth-order valence-electron chi connectivity index (χ4n) is 2.38. The molecule has 0 aliphatic carbocycles. The largest absolute Gasteiger partial charge is 0.384 e. The highest BCUT2D eigenvalue weighted by atomic mass is 32.1. The molecule has 21 heavy (non-hydrogen) atoms. The molecule has 0 saturated carbocycles. The minimum Gasteiger partial charge on any atom is -0.384 e. The molecule has 0 bridgehead atoms. The van der Waals surface area contributed by atoms with Gasteiger partial charge in [0.1, 0.15) is 10.7 Å². The molecule has 118 valence electrons. The molecule has 1 fully saturated rings. The van der Waals surface area contributed by atoms with E-state index in [2.05, 4.69) is 24.1 Å². The topological polar surface area (TPSA) is 80.5 Å². The molecule has 6 nitrogen and oxygen atoms in total. The van der Waals surface area contributed by atoms with E-state index in [-0.39, 0.29) is 5.91 Å². The normalized spacial score (nSPS) is 18.5. The van der Waals surface area contributed by atoms with Crippen molar-refractivity contribution in [1.29, 1.82) is 0 Å². The highest BCUT2D eigenvalue weighted by Crippen LogP contribution is 2.28. The summed E-state index contributed by atoms with van der Waals surface area (Å²) in [6.07, 6.45) is 0.983. The van der Waals surface area contributed by atoms with E-state index in [9.17, 15) is 4.79 Å². The van der Waals surface area contributed by atoms with Crippen LogP contribution < -0.4 is 11.1 Å². The van der Waals surface area contributed by atoms with Gasteiger partial charge in [-0.05, 0) is 12.3 Å². The first-order valence-corrected chi connectivity index (χ1v) is 8.11. The monoisotopic (exact) mass is 312 g/mol. The van der Waals surface area contributed by atoms with Gasteiger partial charge < -0.3 is 20.7 Å².